The van der Waals surface area contributed by atoms with E-state index in [0.29, 0.717) is 0 Å². The van der Waals surface area contributed by atoms with Crippen LogP contribution in [0.25, 0.3) is 0 Å². The van der Waals surface area contributed by atoms with Crippen molar-refractivity contribution in [2.45, 2.75) is 16.0 Å². The number of thiophene rings is 1. The standard InChI is InChI=1S/C12H9BrOS2/c1-8(14)10-7-9(13)4-5-11(10)16-12-3-2-6-15-12/h2-7H,1H3. The molecule has 16 heavy (non-hydrogen) atoms. The van der Waals surface area contributed by atoms with Gasteiger partial charge in [-0.3, -0.25) is 4.79 Å². The molecule has 1 nitrogen and oxygen atoms in total. The van der Waals surface area contributed by atoms with Crippen LogP contribution in [-0.2, 0) is 0 Å². The Labute approximate surface area is 111 Å². The van der Waals surface area contributed by atoms with Crippen LogP contribution in [0.4, 0.5) is 0 Å². The molecule has 0 aliphatic carbocycles. The molecule has 0 radical (unpaired) electrons. The number of ketones is 1. The van der Waals surface area contributed by atoms with E-state index < -0.39 is 0 Å². The predicted molar refractivity (Wildman–Crippen MR) is 72.6 cm³/mol. The van der Waals surface area contributed by atoms with Crippen LogP contribution in [0.5, 0.6) is 0 Å². The average molecular weight is 313 g/mol. The first-order valence-corrected chi connectivity index (χ1v) is 7.17. The van der Waals surface area contributed by atoms with Gasteiger partial charge in [-0.05, 0) is 36.6 Å². The van der Waals surface area contributed by atoms with E-state index >= 15 is 0 Å². The van der Waals surface area contributed by atoms with Gasteiger partial charge in [0.1, 0.15) is 0 Å². The normalized spacial score (nSPS) is 10.4. The fourth-order valence-electron chi connectivity index (χ4n) is 1.30. The van der Waals surface area contributed by atoms with Crippen molar-refractivity contribution in [3.05, 3.63) is 45.7 Å². The second-order valence-electron chi connectivity index (χ2n) is 3.23. The fraction of sp³-hybridized carbons (Fsp3) is 0.0833. The zero-order valence-corrected chi connectivity index (χ0v) is 11.8. The Balaban J connectivity index is 2.36. The van der Waals surface area contributed by atoms with Crippen LogP contribution in [0, 0.1) is 0 Å². The summed E-state index contributed by atoms with van der Waals surface area (Å²) in [6.45, 7) is 1.60. The molecule has 0 saturated heterocycles. The molecule has 0 saturated carbocycles. The van der Waals surface area contributed by atoms with Crippen molar-refractivity contribution in [3.63, 3.8) is 0 Å². The van der Waals surface area contributed by atoms with Crippen LogP contribution in [0.15, 0.2) is 49.3 Å². The Morgan fingerprint density at radius 1 is 1.38 bits per heavy atom. The molecule has 0 unspecified atom stereocenters. The van der Waals surface area contributed by atoms with E-state index in [9.17, 15) is 4.79 Å². The minimum Gasteiger partial charge on any atom is -0.294 e. The highest BCUT2D eigenvalue weighted by molar-refractivity contribution is 9.10. The van der Waals surface area contributed by atoms with E-state index in [1.165, 1.54) is 4.21 Å². The second kappa shape index (κ2) is 5.17. The second-order valence-corrected chi connectivity index (χ2v) is 6.44. The van der Waals surface area contributed by atoms with Crippen LogP contribution >= 0.6 is 39.0 Å². The number of halogens is 1. The van der Waals surface area contributed by atoms with Crippen LogP contribution in [0.2, 0.25) is 0 Å². The van der Waals surface area contributed by atoms with Gasteiger partial charge in [-0.1, -0.05) is 33.8 Å². The quantitative estimate of drug-likeness (QED) is 0.752. The lowest BCUT2D eigenvalue weighted by Crippen LogP contribution is -1.94. The van der Waals surface area contributed by atoms with Crippen molar-refractivity contribution in [3.8, 4) is 0 Å². The van der Waals surface area contributed by atoms with Gasteiger partial charge in [0.15, 0.2) is 5.78 Å². The third kappa shape index (κ3) is 2.75. The third-order valence-electron chi connectivity index (χ3n) is 2.03. The number of hydrogen-bond acceptors (Lipinski definition) is 3. The molecule has 1 aromatic carbocycles. The van der Waals surface area contributed by atoms with Gasteiger partial charge in [-0.25, -0.2) is 0 Å². The van der Waals surface area contributed by atoms with E-state index in [0.717, 1.165) is 14.9 Å². The lowest BCUT2D eigenvalue weighted by Gasteiger charge is -2.05. The molecule has 0 atom stereocenters. The summed E-state index contributed by atoms with van der Waals surface area (Å²) in [5, 5.41) is 2.04. The van der Waals surface area contributed by atoms with E-state index in [1.54, 1.807) is 30.0 Å². The van der Waals surface area contributed by atoms with Crippen LogP contribution in [0.3, 0.4) is 0 Å². The van der Waals surface area contributed by atoms with Crippen molar-refractivity contribution in [1.82, 2.24) is 0 Å². The number of Topliss-reactive ketones (excluding diaryl/α,β-unsaturated/α-hetero) is 1. The first-order chi connectivity index (χ1) is 7.66. The van der Waals surface area contributed by atoms with E-state index in [-0.39, 0.29) is 5.78 Å². The van der Waals surface area contributed by atoms with Gasteiger partial charge in [0.25, 0.3) is 0 Å². The smallest absolute Gasteiger partial charge is 0.160 e. The van der Waals surface area contributed by atoms with E-state index in [1.807, 2.05) is 29.6 Å². The zero-order valence-electron chi connectivity index (χ0n) is 8.57. The van der Waals surface area contributed by atoms with Crippen LogP contribution in [0.1, 0.15) is 17.3 Å². The summed E-state index contributed by atoms with van der Waals surface area (Å²) in [5.74, 6) is 0.0976. The Kier molecular flexibility index (Phi) is 3.84. The van der Waals surface area contributed by atoms with Gasteiger partial charge in [0, 0.05) is 14.9 Å². The molecule has 0 aliphatic heterocycles. The van der Waals surface area contributed by atoms with Crippen LogP contribution < -0.4 is 0 Å². The van der Waals surface area contributed by atoms with E-state index in [2.05, 4.69) is 22.0 Å². The molecule has 2 aromatic rings. The molecule has 0 fully saturated rings. The Morgan fingerprint density at radius 3 is 2.81 bits per heavy atom. The highest BCUT2D eigenvalue weighted by Gasteiger charge is 2.09. The Morgan fingerprint density at radius 2 is 2.19 bits per heavy atom. The largest absolute Gasteiger partial charge is 0.294 e. The lowest BCUT2D eigenvalue weighted by molar-refractivity contribution is 0.101. The molecule has 0 amide bonds. The summed E-state index contributed by atoms with van der Waals surface area (Å²) in [4.78, 5) is 12.5. The topological polar surface area (TPSA) is 17.1 Å². The number of rotatable bonds is 3. The molecular weight excluding hydrogens is 304 g/mol. The molecule has 82 valence electrons. The van der Waals surface area contributed by atoms with Gasteiger partial charge in [-0.2, -0.15) is 0 Å². The maximum atomic E-state index is 11.5. The molecule has 0 bridgehead atoms. The Bertz CT molecular complexity index is 506. The van der Waals surface area contributed by atoms with Gasteiger partial charge in [0.05, 0.1) is 4.21 Å². The lowest BCUT2D eigenvalue weighted by atomic mass is 10.1. The molecule has 0 N–H and O–H groups in total. The van der Waals surface area contributed by atoms with Gasteiger partial charge in [-0.15, -0.1) is 11.3 Å². The Hall–Kier alpha value is -0.580. The zero-order chi connectivity index (χ0) is 11.5. The third-order valence-corrected chi connectivity index (χ3v) is 4.63. The molecule has 4 heteroatoms. The highest BCUT2D eigenvalue weighted by Crippen LogP contribution is 2.34. The summed E-state index contributed by atoms with van der Waals surface area (Å²) in [6, 6.07) is 9.88. The van der Waals surface area contributed by atoms with Crippen molar-refractivity contribution in [2.75, 3.05) is 0 Å². The predicted octanol–water partition coefficient (Wildman–Crippen LogP) is 4.86. The first kappa shape index (κ1) is 11.9. The molecule has 2 rings (SSSR count). The van der Waals surface area contributed by atoms with Crippen molar-refractivity contribution < 1.29 is 4.79 Å². The number of benzene rings is 1. The summed E-state index contributed by atoms with van der Waals surface area (Å²) >= 11 is 6.70. The summed E-state index contributed by atoms with van der Waals surface area (Å²) in [7, 11) is 0. The summed E-state index contributed by atoms with van der Waals surface area (Å²) < 4.78 is 2.14. The minimum atomic E-state index is 0.0976. The van der Waals surface area contributed by atoms with Crippen molar-refractivity contribution in [2.24, 2.45) is 0 Å². The van der Waals surface area contributed by atoms with E-state index in [4.69, 9.17) is 0 Å². The fourth-order valence-corrected chi connectivity index (χ4v) is 3.55. The molecular formula is C12H9BrOS2. The monoisotopic (exact) mass is 312 g/mol. The van der Waals surface area contributed by atoms with Crippen molar-refractivity contribution in [1.29, 1.82) is 0 Å². The van der Waals surface area contributed by atoms with Gasteiger partial charge < -0.3 is 0 Å². The maximum Gasteiger partial charge on any atom is 0.160 e. The average Bonchev–Trinajstić information content (AvgIpc) is 2.73. The minimum absolute atomic E-state index is 0.0976. The SMILES string of the molecule is CC(=O)c1cc(Br)ccc1Sc1cccs1. The molecule has 0 aliphatic rings. The van der Waals surface area contributed by atoms with Crippen LogP contribution in [-0.4, -0.2) is 5.78 Å². The first-order valence-electron chi connectivity index (χ1n) is 4.68. The molecule has 0 spiro atoms. The number of carbonyl (C=O) groups is 1. The maximum absolute atomic E-state index is 11.5. The number of hydrogen-bond donors (Lipinski definition) is 0. The van der Waals surface area contributed by atoms with Gasteiger partial charge in [0.2, 0.25) is 0 Å². The molecule has 1 aromatic heterocycles. The van der Waals surface area contributed by atoms with Gasteiger partial charge >= 0.3 is 0 Å². The summed E-state index contributed by atoms with van der Waals surface area (Å²) in [6.07, 6.45) is 0. The molecule has 1 heterocycles. The number of carbonyl (C=O) groups excluding carboxylic acids is 1. The highest BCUT2D eigenvalue weighted by atomic mass is 79.9. The summed E-state index contributed by atoms with van der Waals surface area (Å²) in [5.41, 5.74) is 0.771. The van der Waals surface area contributed by atoms with Crippen molar-refractivity contribution >= 4 is 44.8 Å².